The Morgan fingerprint density at radius 3 is 2.57 bits per heavy atom. The van der Waals surface area contributed by atoms with E-state index in [1.165, 1.54) is 12.8 Å². The third kappa shape index (κ3) is 3.25. The van der Waals surface area contributed by atoms with Crippen molar-refractivity contribution in [1.29, 1.82) is 0 Å². The lowest BCUT2D eigenvalue weighted by Crippen LogP contribution is -2.49. The molecule has 1 saturated carbocycles. The molecule has 1 fully saturated rings. The first-order valence-corrected chi connectivity index (χ1v) is 5.93. The van der Waals surface area contributed by atoms with Crippen molar-refractivity contribution < 1.29 is 9.84 Å². The molecule has 14 heavy (non-hydrogen) atoms. The quantitative estimate of drug-likeness (QED) is 0.714. The topological polar surface area (TPSA) is 29.5 Å². The van der Waals surface area contributed by atoms with Gasteiger partial charge in [-0.05, 0) is 19.3 Å². The Hall–Kier alpha value is -0.0800. The van der Waals surface area contributed by atoms with Crippen LogP contribution in [0.25, 0.3) is 0 Å². The predicted molar refractivity (Wildman–Crippen MR) is 58.3 cm³/mol. The van der Waals surface area contributed by atoms with Crippen LogP contribution in [0.15, 0.2) is 0 Å². The van der Waals surface area contributed by atoms with Gasteiger partial charge in [0.1, 0.15) is 0 Å². The van der Waals surface area contributed by atoms with E-state index < -0.39 is 5.60 Å². The van der Waals surface area contributed by atoms with Gasteiger partial charge in [0.05, 0.1) is 11.7 Å². The van der Waals surface area contributed by atoms with Gasteiger partial charge >= 0.3 is 0 Å². The summed E-state index contributed by atoms with van der Waals surface area (Å²) in [5.74, 6) is 0.646. The summed E-state index contributed by atoms with van der Waals surface area (Å²) in [5, 5.41) is 10.1. The summed E-state index contributed by atoms with van der Waals surface area (Å²) in [7, 11) is 0. The maximum absolute atomic E-state index is 10.1. The largest absolute Gasteiger partial charge is 0.390 e. The zero-order valence-electron chi connectivity index (χ0n) is 9.75. The highest BCUT2D eigenvalue weighted by Gasteiger charge is 2.43. The second kappa shape index (κ2) is 5.13. The van der Waals surface area contributed by atoms with E-state index in [4.69, 9.17) is 4.74 Å². The summed E-state index contributed by atoms with van der Waals surface area (Å²) in [5.41, 5.74) is -0.408. The van der Waals surface area contributed by atoms with Crippen LogP contribution in [0.5, 0.6) is 0 Å². The number of rotatable bonds is 6. The summed E-state index contributed by atoms with van der Waals surface area (Å²) in [6.45, 7) is 7.21. The van der Waals surface area contributed by atoms with Crippen molar-refractivity contribution >= 4 is 0 Å². The number of hydrogen-bond acceptors (Lipinski definition) is 2. The van der Waals surface area contributed by atoms with Gasteiger partial charge in [-0.15, -0.1) is 0 Å². The molecule has 1 aliphatic rings. The van der Waals surface area contributed by atoms with Gasteiger partial charge in [-0.1, -0.05) is 26.7 Å². The van der Waals surface area contributed by atoms with Crippen molar-refractivity contribution in [3.63, 3.8) is 0 Å². The third-order valence-electron chi connectivity index (χ3n) is 3.13. The van der Waals surface area contributed by atoms with Gasteiger partial charge in [0.2, 0.25) is 0 Å². The van der Waals surface area contributed by atoms with E-state index in [0.29, 0.717) is 12.0 Å². The Balaban J connectivity index is 2.19. The van der Waals surface area contributed by atoms with Crippen LogP contribution in [0.4, 0.5) is 0 Å². The first-order chi connectivity index (χ1) is 6.59. The Morgan fingerprint density at radius 1 is 1.43 bits per heavy atom. The molecule has 0 aliphatic heterocycles. The molecule has 1 N–H and O–H groups in total. The maximum Gasteiger partial charge on any atom is 0.0699 e. The molecule has 0 spiro atoms. The van der Waals surface area contributed by atoms with Crippen molar-refractivity contribution in [2.24, 2.45) is 5.92 Å². The molecule has 1 aliphatic carbocycles. The van der Waals surface area contributed by atoms with E-state index in [2.05, 4.69) is 13.8 Å². The highest BCUT2D eigenvalue weighted by atomic mass is 16.5. The van der Waals surface area contributed by atoms with E-state index >= 15 is 0 Å². The molecule has 0 aromatic heterocycles. The minimum Gasteiger partial charge on any atom is -0.390 e. The van der Waals surface area contributed by atoms with Gasteiger partial charge in [-0.2, -0.15) is 0 Å². The van der Waals surface area contributed by atoms with E-state index in [0.717, 1.165) is 25.9 Å². The highest BCUT2D eigenvalue weighted by Crippen LogP contribution is 2.39. The molecule has 1 atom stereocenters. The zero-order chi connectivity index (χ0) is 10.6. The van der Waals surface area contributed by atoms with Crippen molar-refractivity contribution in [2.75, 3.05) is 6.61 Å². The molecule has 0 aromatic rings. The fraction of sp³-hybridized carbons (Fsp3) is 1.00. The molecular formula is C12H24O2. The fourth-order valence-electron chi connectivity index (χ4n) is 2.55. The smallest absolute Gasteiger partial charge is 0.0699 e. The minimum atomic E-state index is -0.408. The summed E-state index contributed by atoms with van der Waals surface area (Å²) >= 11 is 0. The first kappa shape index (κ1) is 12.0. The Labute approximate surface area is 87.7 Å². The molecule has 1 rings (SSSR count). The lowest BCUT2D eigenvalue weighted by Gasteiger charge is -2.44. The van der Waals surface area contributed by atoms with Crippen molar-refractivity contribution in [1.82, 2.24) is 0 Å². The minimum absolute atomic E-state index is 0.318. The number of ether oxygens (including phenoxy) is 1. The highest BCUT2D eigenvalue weighted by molar-refractivity contribution is 4.95. The average Bonchev–Trinajstić information content (AvgIpc) is 2.02. The fourth-order valence-corrected chi connectivity index (χ4v) is 2.55. The summed E-state index contributed by atoms with van der Waals surface area (Å²) in [6.07, 6.45) is 5.39. The van der Waals surface area contributed by atoms with Gasteiger partial charge in [0.25, 0.3) is 0 Å². The van der Waals surface area contributed by atoms with Crippen LogP contribution in [-0.4, -0.2) is 23.4 Å². The summed E-state index contributed by atoms with van der Waals surface area (Å²) in [4.78, 5) is 0. The van der Waals surface area contributed by atoms with Gasteiger partial charge in [-0.3, -0.25) is 0 Å². The Bertz CT molecular complexity index is 162. The van der Waals surface area contributed by atoms with Crippen molar-refractivity contribution in [3.8, 4) is 0 Å². The molecule has 84 valence electrons. The van der Waals surface area contributed by atoms with Crippen molar-refractivity contribution in [2.45, 2.75) is 64.6 Å². The lowest BCUT2D eigenvalue weighted by atomic mass is 9.72. The van der Waals surface area contributed by atoms with Crippen LogP contribution < -0.4 is 0 Å². The zero-order valence-corrected chi connectivity index (χ0v) is 9.75. The van der Waals surface area contributed by atoms with E-state index in [-0.39, 0.29) is 0 Å². The van der Waals surface area contributed by atoms with E-state index in [9.17, 15) is 5.11 Å². The predicted octanol–water partition coefficient (Wildman–Crippen LogP) is 2.74. The summed E-state index contributed by atoms with van der Waals surface area (Å²) in [6, 6.07) is 0. The lowest BCUT2D eigenvalue weighted by molar-refractivity contribution is -0.146. The molecule has 2 heteroatoms. The van der Waals surface area contributed by atoms with E-state index in [1.54, 1.807) is 0 Å². The third-order valence-corrected chi connectivity index (χ3v) is 3.13. The Morgan fingerprint density at radius 2 is 2.07 bits per heavy atom. The molecule has 0 saturated heterocycles. The SMILES string of the molecule is CCCC(C)CC1(O)CC(OCC)C1. The van der Waals surface area contributed by atoms with Crippen LogP contribution in [0.1, 0.15) is 52.9 Å². The van der Waals surface area contributed by atoms with E-state index in [1.807, 2.05) is 6.92 Å². The van der Waals surface area contributed by atoms with Crippen LogP contribution in [0.2, 0.25) is 0 Å². The van der Waals surface area contributed by atoms with Crippen molar-refractivity contribution in [3.05, 3.63) is 0 Å². The molecule has 0 radical (unpaired) electrons. The first-order valence-electron chi connectivity index (χ1n) is 5.93. The van der Waals surface area contributed by atoms with Crippen LogP contribution in [-0.2, 0) is 4.74 Å². The molecule has 0 aromatic carbocycles. The molecule has 0 amide bonds. The Kier molecular flexibility index (Phi) is 4.39. The van der Waals surface area contributed by atoms with Gasteiger partial charge in [-0.25, -0.2) is 0 Å². The average molecular weight is 200 g/mol. The number of aliphatic hydroxyl groups is 1. The van der Waals surface area contributed by atoms with Gasteiger partial charge < -0.3 is 9.84 Å². The summed E-state index contributed by atoms with van der Waals surface area (Å²) < 4.78 is 5.45. The number of hydrogen-bond donors (Lipinski definition) is 1. The normalized spacial score (nSPS) is 33.9. The van der Waals surface area contributed by atoms with Gasteiger partial charge in [0.15, 0.2) is 0 Å². The van der Waals surface area contributed by atoms with Gasteiger partial charge in [0, 0.05) is 19.4 Å². The van der Waals surface area contributed by atoms with Crippen LogP contribution in [0, 0.1) is 5.92 Å². The molecular weight excluding hydrogens is 176 g/mol. The van der Waals surface area contributed by atoms with Crippen LogP contribution in [0.3, 0.4) is 0 Å². The standard InChI is InChI=1S/C12H24O2/c1-4-6-10(3)7-12(13)8-11(9-12)14-5-2/h10-11,13H,4-9H2,1-3H3. The molecule has 0 bridgehead atoms. The molecule has 2 nitrogen and oxygen atoms in total. The maximum atomic E-state index is 10.1. The second-order valence-electron chi connectivity index (χ2n) is 4.81. The molecule has 0 heterocycles. The second-order valence-corrected chi connectivity index (χ2v) is 4.81. The molecule has 1 unspecified atom stereocenters. The monoisotopic (exact) mass is 200 g/mol. The van der Waals surface area contributed by atoms with Crippen LogP contribution >= 0.6 is 0 Å².